The topological polar surface area (TPSA) is 179 Å². The Hall–Kier alpha value is -5.98. The third-order valence-corrected chi connectivity index (χ3v) is 9.41. The van der Waals surface area contributed by atoms with Crippen molar-refractivity contribution in [1.29, 1.82) is 0 Å². The van der Waals surface area contributed by atoms with Crippen LogP contribution in [0.4, 0.5) is 18.0 Å². The zero-order valence-electron chi connectivity index (χ0n) is 26.6. The molecular weight excluding hydrogens is 699 g/mol. The Morgan fingerprint density at radius 2 is 1.61 bits per heavy atom. The van der Waals surface area contributed by atoms with E-state index >= 15 is 0 Å². The number of carbonyl (C=O) groups excluding carboxylic acids is 3. The molecule has 6 rings (SSSR count). The molecule has 0 spiro atoms. The predicted molar refractivity (Wildman–Crippen MR) is 169 cm³/mol. The van der Waals surface area contributed by atoms with Gasteiger partial charge in [0.25, 0.3) is 21.8 Å². The number of nitrogens with one attached hydrogen (secondary N) is 1. The lowest BCUT2D eigenvalue weighted by Crippen LogP contribution is -2.43. The molecule has 0 bridgehead atoms. The normalized spacial score (nSPS) is 15.6. The summed E-state index contributed by atoms with van der Waals surface area (Å²) in [5.74, 6) is -1.16. The first-order chi connectivity index (χ1) is 24.2. The number of nitrogens with zero attached hydrogens (tertiary/aromatic N) is 6. The molecule has 2 aliphatic heterocycles. The van der Waals surface area contributed by atoms with Gasteiger partial charge in [0, 0.05) is 18.4 Å². The monoisotopic (exact) mass is 727 g/mol. The number of hydrazine groups is 1. The zero-order chi connectivity index (χ0) is 36.5. The van der Waals surface area contributed by atoms with E-state index < -0.39 is 52.6 Å². The molecule has 19 heteroatoms. The molecule has 1 fully saturated rings. The molecule has 0 aliphatic carbocycles. The number of alkyl halides is 3. The number of hydrogen-bond donors (Lipinski definition) is 1. The molecule has 2 aliphatic rings. The number of rotatable bonds is 9. The number of hydrogen-bond acceptors (Lipinski definition) is 10. The van der Waals surface area contributed by atoms with E-state index in [4.69, 9.17) is 9.57 Å². The highest BCUT2D eigenvalue weighted by Gasteiger charge is 2.37. The third-order valence-electron chi connectivity index (χ3n) is 8.08. The smallest absolute Gasteiger partial charge is 0.435 e. The highest BCUT2D eigenvalue weighted by atomic mass is 32.2. The highest BCUT2D eigenvalue weighted by Crippen LogP contribution is 2.33. The molecule has 0 saturated carbocycles. The van der Waals surface area contributed by atoms with Gasteiger partial charge >= 0.3 is 12.3 Å². The van der Waals surface area contributed by atoms with Crippen molar-refractivity contribution in [2.24, 2.45) is 5.28 Å². The number of carbonyl (C=O) groups is 3. The number of amides is 3. The fourth-order valence-electron chi connectivity index (χ4n) is 5.43. The molecule has 51 heavy (non-hydrogen) atoms. The van der Waals surface area contributed by atoms with Gasteiger partial charge in [-0.05, 0) is 49.4 Å². The second-order valence-electron chi connectivity index (χ2n) is 11.5. The second kappa shape index (κ2) is 13.7. The molecule has 3 aromatic carbocycles. The standard InChI is InChI=1S/C32H28F3N7O8S/c1-20-6-8-21(9-7-20)27-18-28(32(33,34)35)36-41(27)22-10-12-24(13-11-22)51(47,48)37-31(45)50-23-14-16-39(17-15-23)42(46)38-49-19-40-29(43)25-4-2-3-5-26(25)30(40)44/h2-13,18,23H,14-17,19H2,1H3,(H,37,45)/b42-38+. The summed E-state index contributed by atoms with van der Waals surface area (Å²) >= 11 is 0. The van der Waals surface area contributed by atoms with Crippen LogP contribution in [0.3, 0.4) is 0 Å². The predicted octanol–water partition coefficient (Wildman–Crippen LogP) is 4.81. The Morgan fingerprint density at radius 1 is 1.00 bits per heavy atom. The van der Waals surface area contributed by atoms with Gasteiger partial charge in [-0.2, -0.15) is 18.3 Å². The van der Waals surface area contributed by atoms with E-state index in [2.05, 4.69) is 10.4 Å². The maximum atomic E-state index is 13.5. The lowest BCUT2D eigenvalue weighted by Gasteiger charge is -2.27. The Kier molecular flexibility index (Phi) is 9.39. The molecule has 3 amide bonds. The van der Waals surface area contributed by atoms with E-state index in [1.165, 1.54) is 29.3 Å². The van der Waals surface area contributed by atoms with Crippen molar-refractivity contribution >= 4 is 27.9 Å². The maximum Gasteiger partial charge on any atom is 0.435 e. The number of imide groups is 1. The molecule has 3 heterocycles. The van der Waals surface area contributed by atoms with Gasteiger partial charge in [-0.3, -0.25) is 9.59 Å². The number of halogens is 3. The fourth-order valence-corrected chi connectivity index (χ4v) is 6.31. The SMILES string of the molecule is Cc1ccc(-c2cc(C(F)(F)F)nn2-c2ccc(S(=O)(=O)NC(=O)OC3CCN(/[N+]([O-])=N\OCN4C(=O)c5ccccc5C4=O)CC3)cc2)cc1. The van der Waals surface area contributed by atoms with E-state index in [1.54, 1.807) is 41.1 Å². The third kappa shape index (κ3) is 7.47. The minimum absolute atomic E-state index is 0.0452. The number of aromatic nitrogens is 2. The lowest BCUT2D eigenvalue weighted by molar-refractivity contribution is -0.713. The Bertz CT molecular complexity index is 2080. The van der Waals surface area contributed by atoms with Gasteiger partial charge < -0.3 is 14.8 Å². The van der Waals surface area contributed by atoms with Crippen LogP contribution in [0.15, 0.2) is 89.0 Å². The van der Waals surface area contributed by atoms with Crippen molar-refractivity contribution in [2.75, 3.05) is 19.8 Å². The number of fused-ring (bicyclic) bond motifs is 1. The lowest BCUT2D eigenvalue weighted by atomic mass is 10.1. The molecule has 4 aromatic rings. The molecule has 1 N–H and O–H groups in total. The molecule has 1 aromatic heterocycles. The van der Waals surface area contributed by atoms with Crippen molar-refractivity contribution in [1.82, 2.24) is 24.4 Å². The van der Waals surface area contributed by atoms with Crippen LogP contribution >= 0.6 is 0 Å². The van der Waals surface area contributed by atoms with Crippen molar-refractivity contribution in [3.63, 3.8) is 0 Å². The zero-order valence-corrected chi connectivity index (χ0v) is 27.4. The largest absolute Gasteiger partial charge is 0.569 e. The van der Waals surface area contributed by atoms with Crippen molar-refractivity contribution in [3.8, 4) is 16.9 Å². The van der Waals surface area contributed by atoms with E-state index in [0.29, 0.717) is 5.56 Å². The van der Waals surface area contributed by atoms with Crippen LogP contribution in [0.5, 0.6) is 0 Å². The molecule has 266 valence electrons. The van der Waals surface area contributed by atoms with E-state index in [1.807, 2.05) is 6.92 Å². The Balaban J connectivity index is 1.02. The van der Waals surface area contributed by atoms with Gasteiger partial charge in [-0.1, -0.05) is 42.0 Å². The molecular formula is C32H28F3N7O8S. The van der Waals surface area contributed by atoms with E-state index in [-0.39, 0.29) is 58.3 Å². The second-order valence-corrected chi connectivity index (χ2v) is 13.2. The maximum absolute atomic E-state index is 13.5. The molecule has 0 atom stereocenters. The fraction of sp³-hybridized carbons (Fsp3) is 0.250. The summed E-state index contributed by atoms with van der Waals surface area (Å²) in [4.78, 5) is 42.8. The van der Waals surface area contributed by atoms with Gasteiger partial charge in [-0.25, -0.2) is 27.5 Å². The number of sulfonamides is 1. The van der Waals surface area contributed by atoms with Gasteiger partial charge in [0.15, 0.2) is 5.69 Å². The first kappa shape index (κ1) is 34.9. The number of ether oxygens (including phenoxy) is 1. The van der Waals surface area contributed by atoms with Crippen LogP contribution in [-0.2, 0) is 25.8 Å². The van der Waals surface area contributed by atoms with Crippen LogP contribution in [0, 0.1) is 12.1 Å². The van der Waals surface area contributed by atoms with Crippen molar-refractivity contribution < 1.29 is 50.5 Å². The number of benzene rings is 3. The van der Waals surface area contributed by atoms with Crippen molar-refractivity contribution in [2.45, 2.75) is 36.9 Å². The average molecular weight is 728 g/mol. The minimum Gasteiger partial charge on any atom is -0.569 e. The van der Waals surface area contributed by atoms with Crippen LogP contribution in [-0.4, -0.2) is 76.9 Å². The highest BCUT2D eigenvalue weighted by molar-refractivity contribution is 7.90. The summed E-state index contributed by atoms with van der Waals surface area (Å²) < 4.78 is 74.5. The summed E-state index contributed by atoms with van der Waals surface area (Å²) in [5, 5.41) is 20.7. The summed E-state index contributed by atoms with van der Waals surface area (Å²) in [7, 11) is -4.45. The van der Waals surface area contributed by atoms with Gasteiger partial charge in [0.2, 0.25) is 12.0 Å². The molecule has 0 radical (unpaired) electrons. The van der Waals surface area contributed by atoms with Crippen LogP contribution in [0.2, 0.25) is 0 Å². The molecule has 0 unspecified atom stereocenters. The van der Waals surface area contributed by atoms with Crippen LogP contribution in [0.25, 0.3) is 16.9 Å². The number of piperidine rings is 1. The summed E-state index contributed by atoms with van der Waals surface area (Å²) in [6.45, 7) is 1.34. The summed E-state index contributed by atoms with van der Waals surface area (Å²) in [6.07, 6.45) is -6.49. The quantitative estimate of drug-likeness (QED) is 0.109. The summed E-state index contributed by atoms with van der Waals surface area (Å²) in [5.41, 5.74) is 0.933. The minimum atomic E-state index is -4.72. The van der Waals surface area contributed by atoms with E-state index in [9.17, 15) is 41.2 Å². The van der Waals surface area contributed by atoms with E-state index in [0.717, 1.165) is 33.3 Å². The van der Waals surface area contributed by atoms with Crippen molar-refractivity contribution in [3.05, 3.63) is 106 Å². The van der Waals surface area contributed by atoms with Gasteiger partial charge in [0.05, 0.1) is 45.5 Å². The first-order valence-electron chi connectivity index (χ1n) is 15.3. The average Bonchev–Trinajstić information content (AvgIpc) is 3.65. The first-order valence-corrected chi connectivity index (χ1v) is 16.8. The van der Waals surface area contributed by atoms with Crippen LogP contribution in [0.1, 0.15) is 44.8 Å². The Labute approximate surface area is 288 Å². The van der Waals surface area contributed by atoms with Crippen LogP contribution < -0.4 is 4.72 Å². The van der Waals surface area contributed by atoms with Gasteiger partial charge in [-0.15, -0.1) is 5.01 Å². The summed E-state index contributed by atoms with van der Waals surface area (Å²) in [6, 6.07) is 18.6. The molecule has 1 saturated heterocycles. The number of aryl methyl sites for hydroxylation is 1. The van der Waals surface area contributed by atoms with Gasteiger partial charge in [0.1, 0.15) is 6.10 Å². The molecule has 15 nitrogen and oxygen atoms in total. The Morgan fingerprint density at radius 3 is 2.20 bits per heavy atom.